The van der Waals surface area contributed by atoms with Crippen LogP contribution in [-0.2, 0) is 5.54 Å². The van der Waals surface area contributed by atoms with Gasteiger partial charge in [0.2, 0.25) is 5.95 Å². The lowest BCUT2D eigenvalue weighted by Gasteiger charge is -2.18. The molecular weight excluding hydrogens is 472 g/mol. The van der Waals surface area contributed by atoms with E-state index in [-0.39, 0.29) is 35.1 Å². The van der Waals surface area contributed by atoms with Gasteiger partial charge in [0.05, 0.1) is 17.4 Å². The molecule has 0 saturated heterocycles. The van der Waals surface area contributed by atoms with Crippen molar-refractivity contribution < 1.29 is 4.79 Å². The van der Waals surface area contributed by atoms with Crippen LogP contribution >= 0.6 is 0 Å². The number of carbonyl (C=O) groups is 1. The molecule has 0 aliphatic heterocycles. The number of anilines is 2. The van der Waals surface area contributed by atoms with Crippen LogP contribution < -0.4 is 21.5 Å². The van der Waals surface area contributed by atoms with Gasteiger partial charge in [0.15, 0.2) is 0 Å². The monoisotopic (exact) mass is 504 g/mol. The molecule has 0 aromatic carbocycles. The molecule has 1 aliphatic carbocycles. The lowest BCUT2D eigenvalue weighted by molar-refractivity contribution is 0.251. The highest BCUT2D eigenvalue weighted by Gasteiger charge is 2.42. The van der Waals surface area contributed by atoms with E-state index in [1.54, 1.807) is 30.2 Å². The Hall–Kier alpha value is -4.22. The van der Waals surface area contributed by atoms with E-state index in [1.807, 2.05) is 51.6 Å². The van der Waals surface area contributed by atoms with E-state index in [0.29, 0.717) is 35.0 Å². The Labute approximate surface area is 213 Å². The fraction of sp³-hybridized carbons (Fsp3) is 0.440. The topological polar surface area (TPSA) is 147 Å². The third-order valence-electron chi connectivity index (χ3n) is 6.47. The van der Waals surface area contributed by atoms with Crippen molar-refractivity contribution in [1.29, 1.82) is 0 Å². The van der Waals surface area contributed by atoms with Gasteiger partial charge in [-0.25, -0.2) is 9.78 Å². The summed E-state index contributed by atoms with van der Waals surface area (Å²) in [4.78, 5) is 35.2. The van der Waals surface area contributed by atoms with Crippen molar-refractivity contribution in [2.75, 3.05) is 17.7 Å². The smallest absolute Gasteiger partial charge is 0.319 e. The number of hydrogen-bond donors (Lipinski definition) is 4. The quantitative estimate of drug-likeness (QED) is 0.314. The Morgan fingerprint density at radius 2 is 2.03 bits per heavy atom. The van der Waals surface area contributed by atoms with Crippen molar-refractivity contribution in [3.05, 3.63) is 46.8 Å². The van der Waals surface area contributed by atoms with Crippen LogP contribution in [-0.4, -0.2) is 53.6 Å². The minimum Gasteiger partial charge on any atom is -0.357 e. The highest BCUT2D eigenvalue weighted by molar-refractivity contribution is 5.93. The van der Waals surface area contributed by atoms with Gasteiger partial charge in [-0.05, 0) is 47.1 Å². The number of urea groups is 1. The second-order valence-corrected chi connectivity index (χ2v) is 10.6. The maximum atomic E-state index is 13.4. The molecule has 0 bridgehead atoms. The Balaban J connectivity index is 1.37. The summed E-state index contributed by atoms with van der Waals surface area (Å²) in [6, 6.07) is 1.27. The zero-order chi connectivity index (χ0) is 26.5. The number of fused-ring (bicyclic) bond motifs is 1. The molecule has 194 valence electrons. The number of carbonyl (C=O) groups excluding carboxylic acids is 1. The SMILES string of the molecule is CNc1ncc2cc(C3CC3NC(=O)Nc3cn(C(C)(C)C)nc3-c3cn[nH]c3)c(=O)n(C(C)C)c2n1. The first-order valence-corrected chi connectivity index (χ1v) is 12.3. The number of H-pyrrole nitrogens is 1. The van der Waals surface area contributed by atoms with Crippen molar-refractivity contribution in [2.45, 2.75) is 64.6 Å². The first-order chi connectivity index (χ1) is 17.6. The summed E-state index contributed by atoms with van der Waals surface area (Å²) in [6.45, 7) is 10.0. The van der Waals surface area contributed by atoms with Crippen LogP contribution in [0.4, 0.5) is 16.4 Å². The molecular formula is C25H32N10O2. The van der Waals surface area contributed by atoms with Gasteiger partial charge in [-0.1, -0.05) is 0 Å². The number of pyridine rings is 1. The predicted molar refractivity (Wildman–Crippen MR) is 142 cm³/mol. The van der Waals surface area contributed by atoms with Gasteiger partial charge < -0.3 is 16.0 Å². The molecule has 4 aromatic rings. The van der Waals surface area contributed by atoms with Gasteiger partial charge in [-0.15, -0.1) is 0 Å². The molecule has 1 saturated carbocycles. The Bertz CT molecular complexity index is 1510. The largest absolute Gasteiger partial charge is 0.357 e. The number of aromatic nitrogens is 7. The molecule has 0 radical (unpaired) electrons. The van der Waals surface area contributed by atoms with E-state index < -0.39 is 0 Å². The Kier molecular flexibility index (Phi) is 5.97. The van der Waals surface area contributed by atoms with Crippen LogP contribution in [0.2, 0.25) is 0 Å². The van der Waals surface area contributed by atoms with Gasteiger partial charge in [-0.3, -0.25) is 19.1 Å². The van der Waals surface area contributed by atoms with Crippen molar-refractivity contribution in [2.24, 2.45) is 0 Å². The molecule has 2 amide bonds. The summed E-state index contributed by atoms with van der Waals surface area (Å²) in [5, 5.41) is 21.1. The van der Waals surface area contributed by atoms with Crippen molar-refractivity contribution in [1.82, 2.24) is 39.8 Å². The van der Waals surface area contributed by atoms with Gasteiger partial charge in [0, 0.05) is 60.2 Å². The van der Waals surface area contributed by atoms with Crippen molar-refractivity contribution >= 4 is 28.7 Å². The molecule has 1 aliphatic rings. The van der Waals surface area contributed by atoms with E-state index in [0.717, 1.165) is 10.9 Å². The third kappa shape index (κ3) is 4.66. The summed E-state index contributed by atoms with van der Waals surface area (Å²) < 4.78 is 3.51. The summed E-state index contributed by atoms with van der Waals surface area (Å²) in [5.41, 5.74) is 2.88. The average molecular weight is 505 g/mol. The van der Waals surface area contributed by atoms with Crippen molar-refractivity contribution in [3.8, 4) is 11.3 Å². The predicted octanol–water partition coefficient (Wildman–Crippen LogP) is 3.43. The molecule has 4 aromatic heterocycles. The molecule has 37 heavy (non-hydrogen) atoms. The third-order valence-corrected chi connectivity index (χ3v) is 6.47. The summed E-state index contributed by atoms with van der Waals surface area (Å²) in [6.07, 6.45) is 7.61. The van der Waals surface area contributed by atoms with Crippen LogP contribution in [0.1, 0.15) is 58.6 Å². The highest BCUT2D eigenvalue weighted by Crippen LogP contribution is 2.40. The van der Waals surface area contributed by atoms with Crippen LogP contribution in [0.3, 0.4) is 0 Å². The molecule has 5 rings (SSSR count). The molecule has 1 fully saturated rings. The van der Waals surface area contributed by atoms with E-state index in [9.17, 15) is 9.59 Å². The molecule has 12 heteroatoms. The number of rotatable bonds is 6. The first kappa shape index (κ1) is 24.5. The molecule has 4 N–H and O–H groups in total. The van der Waals surface area contributed by atoms with Gasteiger partial charge >= 0.3 is 6.03 Å². The van der Waals surface area contributed by atoms with Crippen LogP contribution in [0, 0.1) is 0 Å². The normalized spacial score (nSPS) is 17.3. The van der Waals surface area contributed by atoms with Crippen LogP contribution in [0.5, 0.6) is 0 Å². The van der Waals surface area contributed by atoms with Crippen LogP contribution in [0.25, 0.3) is 22.3 Å². The molecule has 2 unspecified atom stereocenters. The van der Waals surface area contributed by atoms with Crippen molar-refractivity contribution in [3.63, 3.8) is 0 Å². The highest BCUT2D eigenvalue weighted by atomic mass is 16.2. The minimum atomic E-state index is -0.349. The zero-order valence-electron chi connectivity index (χ0n) is 21.8. The summed E-state index contributed by atoms with van der Waals surface area (Å²) in [7, 11) is 1.74. The fourth-order valence-corrected chi connectivity index (χ4v) is 4.43. The Morgan fingerprint density at radius 1 is 1.24 bits per heavy atom. The fourth-order valence-electron chi connectivity index (χ4n) is 4.43. The first-order valence-electron chi connectivity index (χ1n) is 12.3. The van der Waals surface area contributed by atoms with E-state index >= 15 is 0 Å². The second kappa shape index (κ2) is 9.02. The lowest BCUT2D eigenvalue weighted by atomic mass is 10.1. The standard InChI is InChI=1S/C25H32N10O2/c1-13(2)35-21-14(9-27-23(26-6)32-21)7-17(22(35)36)16-8-18(16)30-24(37)31-19-12-34(25(3,4)5)33-20(19)15-10-28-29-11-15/h7,9-13,16,18H,8H2,1-6H3,(H,28,29)(H,26,27,32)(H2,30,31,37). The number of aromatic amines is 1. The maximum absolute atomic E-state index is 13.4. The molecule has 2 atom stereocenters. The molecule has 4 heterocycles. The van der Waals surface area contributed by atoms with E-state index in [4.69, 9.17) is 0 Å². The number of nitrogens with one attached hydrogen (secondary N) is 4. The Morgan fingerprint density at radius 3 is 2.68 bits per heavy atom. The number of hydrogen-bond acceptors (Lipinski definition) is 7. The van der Waals surface area contributed by atoms with E-state index in [2.05, 4.69) is 41.2 Å². The lowest BCUT2D eigenvalue weighted by Crippen LogP contribution is -2.32. The van der Waals surface area contributed by atoms with Crippen LogP contribution in [0.15, 0.2) is 35.6 Å². The number of amides is 2. The minimum absolute atomic E-state index is 0.0799. The van der Waals surface area contributed by atoms with Gasteiger partial charge in [0.25, 0.3) is 5.56 Å². The molecule has 12 nitrogen and oxygen atoms in total. The summed E-state index contributed by atoms with van der Waals surface area (Å²) >= 11 is 0. The zero-order valence-corrected chi connectivity index (χ0v) is 21.8. The van der Waals surface area contributed by atoms with Gasteiger partial charge in [0.1, 0.15) is 11.3 Å². The van der Waals surface area contributed by atoms with Gasteiger partial charge in [-0.2, -0.15) is 15.2 Å². The summed E-state index contributed by atoms with van der Waals surface area (Å²) in [5.74, 6) is 0.378. The maximum Gasteiger partial charge on any atom is 0.319 e. The second-order valence-electron chi connectivity index (χ2n) is 10.6. The molecule has 0 spiro atoms. The number of nitrogens with zero attached hydrogens (tertiary/aromatic N) is 6. The average Bonchev–Trinajstić information content (AvgIpc) is 3.20. The van der Waals surface area contributed by atoms with E-state index in [1.165, 1.54) is 0 Å².